The highest BCUT2D eigenvalue weighted by molar-refractivity contribution is 7.91. The maximum Gasteiger partial charge on any atom is 0.212 e. The number of hydrogen-bond donors (Lipinski definition) is 1. The fourth-order valence-corrected chi connectivity index (χ4v) is 4.46. The number of sulfone groups is 1. The summed E-state index contributed by atoms with van der Waals surface area (Å²) in [6.45, 7) is 0.291. The molecule has 4 rings (SSSR count). The average molecular weight is 430 g/mol. The van der Waals surface area contributed by atoms with Crippen LogP contribution in [-0.4, -0.2) is 23.8 Å². The predicted molar refractivity (Wildman–Crippen MR) is 117 cm³/mol. The zero-order valence-electron chi connectivity index (χ0n) is 16.3. The Balaban J connectivity index is 1.64. The number of nitrogens with zero attached hydrogens (tertiary/aromatic N) is 5. The smallest absolute Gasteiger partial charge is 0.212 e. The number of rotatable bonds is 5. The fourth-order valence-electron chi connectivity index (χ4n) is 3.18. The molecular weight excluding hydrogens is 412 g/mol. The molecule has 0 amide bonds. The highest BCUT2D eigenvalue weighted by Crippen LogP contribution is 2.23. The van der Waals surface area contributed by atoms with Crippen LogP contribution in [0.1, 0.15) is 5.56 Å². The highest BCUT2D eigenvalue weighted by Gasteiger charge is 2.18. The van der Waals surface area contributed by atoms with Gasteiger partial charge in [-0.25, -0.2) is 13.4 Å². The second kappa shape index (κ2) is 8.30. The lowest BCUT2D eigenvalue weighted by Crippen LogP contribution is -2.36. The molecule has 2 aromatic carbocycles. The second-order valence-electron chi connectivity index (χ2n) is 6.69. The molecule has 2 N–H and O–H groups in total. The van der Waals surface area contributed by atoms with Crippen LogP contribution in [0.5, 0.6) is 0 Å². The Labute approximate surface area is 179 Å². The van der Waals surface area contributed by atoms with Gasteiger partial charge in [0.25, 0.3) is 0 Å². The van der Waals surface area contributed by atoms with Gasteiger partial charge < -0.3 is 15.0 Å². The Morgan fingerprint density at radius 2 is 1.77 bits per heavy atom. The molecule has 0 unspecified atom stereocenters. The summed E-state index contributed by atoms with van der Waals surface area (Å²) in [5.74, 6) is 0.0272. The van der Waals surface area contributed by atoms with Crippen LogP contribution < -0.4 is 10.6 Å². The Hall–Kier alpha value is -4.16. The number of imidazole rings is 1. The Kier molecular flexibility index (Phi) is 5.39. The number of aliphatic imine (C=N–C) groups is 1. The molecule has 0 bridgehead atoms. The molecule has 154 valence electrons. The van der Waals surface area contributed by atoms with Crippen molar-refractivity contribution < 1.29 is 8.42 Å². The van der Waals surface area contributed by atoms with E-state index in [4.69, 9.17) is 11.0 Å². The lowest BCUT2D eigenvalue weighted by molar-refractivity contribution is 0.596. The number of nitrogens with two attached hydrogens (primary N) is 1. The van der Waals surface area contributed by atoms with Crippen molar-refractivity contribution in [1.82, 2.24) is 9.38 Å². The van der Waals surface area contributed by atoms with Gasteiger partial charge in [0.05, 0.1) is 16.3 Å². The lowest BCUT2D eigenvalue weighted by Gasteiger charge is -2.23. The average Bonchev–Trinajstić information content (AvgIpc) is 3.26. The zero-order chi connectivity index (χ0) is 21.8. The third-order valence-electron chi connectivity index (χ3n) is 4.76. The number of nitriles is 1. The van der Waals surface area contributed by atoms with Gasteiger partial charge in [-0.1, -0.05) is 30.3 Å². The van der Waals surface area contributed by atoms with E-state index >= 15 is 0 Å². The molecule has 0 radical (unpaired) electrons. The van der Waals surface area contributed by atoms with Crippen molar-refractivity contribution in [2.45, 2.75) is 16.3 Å². The minimum atomic E-state index is -3.60. The van der Waals surface area contributed by atoms with Crippen molar-refractivity contribution in [3.63, 3.8) is 0 Å². The number of guanidine groups is 1. The molecule has 0 atom stereocenters. The molecule has 2 heterocycles. The lowest BCUT2D eigenvalue weighted by atomic mass is 10.2. The van der Waals surface area contributed by atoms with Gasteiger partial charge in [-0.15, -0.1) is 4.99 Å². The van der Waals surface area contributed by atoms with Crippen molar-refractivity contribution in [3.8, 4) is 6.19 Å². The van der Waals surface area contributed by atoms with Gasteiger partial charge in [0.2, 0.25) is 22.0 Å². The number of benzene rings is 2. The summed E-state index contributed by atoms with van der Waals surface area (Å²) in [4.78, 5) is 10.0. The van der Waals surface area contributed by atoms with Crippen LogP contribution in [0, 0.1) is 11.5 Å². The number of aromatic nitrogens is 2. The molecular formula is C22H18N6O2S. The van der Waals surface area contributed by atoms with E-state index in [1.807, 2.05) is 28.9 Å². The van der Waals surface area contributed by atoms with Crippen molar-refractivity contribution in [2.75, 3.05) is 4.90 Å². The standard InChI is InChI=1S/C22H18N6O2S/c23-16-26-22(24)28(18-10-12-27-13-11-25-21(27)14-18)15-17-6-8-20(9-7-17)31(29,30)19-4-2-1-3-5-19/h1-14H,15H2,(H2,24,26). The first kappa shape index (κ1) is 20.1. The van der Waals surface area contributed by atoms with Crippen molar-refractivity contribution >= 4 is 27.1 Å². The minimum absolute atomic E-state index is 0.0272. The minimum Gasteiger partial charge on any atom is -0.369 e. The zero-order valence-corrected chi connectivity index (χ0v) is 17.1. The predicted octanol–water partition coefficient (Wildman–Crippen LogP) is 2.97. The van der Waals surface area contributed by atoms with E-state index in [9.17, 15) is 8.42 Å². The van der Waals surface area contributed by atoms with E-state index < -0.39 is 9.84 Å². The van der Waals surface area contributed by atoms with Crippen LogP contribution in [0.3, 0.4) is 0 Å². The largest absolute Gasteiger partial charge is 0.369 e. The van der Waals surface area contributed by atoms with Crippen LogP contribution in [0.15, 0.2) is 100 Å². The fraction of sp³-hybridized carbons (Fsp3) is 0.0455. The van der Waals surface area contributed by atoms with Gasteiger partial charge in [0.1, 0.15) is 5.65 Å². The quantitative estimate of drug-likeness (QED) is 0.296. The normalized spacial score (nSPS) is 11.9. The first-order chi connectivity index (χ1) is 15.0. The summed E-state index contributed by atoms with van der Waals surface area (Å²) in [5, 5.41) is 8.94. The molecule has 0 aliphatic rings. The summed E-state index contributed by atoms with van der Waals surface area (Å²) in [6, 6.07) is 18.5. The molecule has 8 nitrogen and oxygen atoms in total. The SMILES string of the molecule is N#CN=C(N)N(Cc1ccc(S(=O)(=O)c2ccccc2)cc1)c1ccn2ccnc2c1. The molecule has 0 fully saturated rings. The Morgan fingerprint density at radius 1 is 1.06 bits per heavy atom. The van der Waals surface area contributed by atoms with Crippen molar-refractivity contribution in [3.05, 3.63) is 90.9 Å². The van der Waals surface area contributed by atoms with Gasteiger partial charge in [0, 0.05) is 30.3 Å². The Morgan fingerprint density at radius 3 is 2.48 bits per heavy atom. The first-order valence-electron chi connectivity index (χ1n) is 9.30. The number of hydrogen-bond acceptors (Lipinski definition) is 5. The molecule has 4 aromatic rings. The molecule has 31 heavy (non-hydrogen) atoms. The topological polar surface area (TPSA) is 117 Å². The number of pyridine rings is 1. The van der Waals surface area contributed by atoms with Gasteiger partial charge in [-0.05, 0) is 35.9 Å². The van der Waals surface area contributed by atoms with Crippen LogP contribution >= 0.6 is 0 Å². The van der Waals surface area contributed by atoms with E-state index in [0.717, 1.165) is 11.2 Å². The van der Waals surface area contributed by atoms with E-state index in [1.54, 1.807) is 71.9 Å². The van der Waals surface area contributed by atoms with Gasteiger partial charge in [-0.2, -0.15) is 5.26 Å². The Bertz CT molecular complexity index is 1390. The third-order valence-corrected chi connectivity index (χ3v) is 6.55. The molecule has 2 aromatic heterocycles. The van der Waals surface area contributed by atoms with E-state index in [-0.39, 0.29) is 15.8 Å². The molecule has 9 heteroatoms. The summed E-state index contributed by atoms with van der Waals surface area (Å²) >= 11 is 0. The summed E-state index contributed by atoms with van der Waals surface area (Å²) < 4.78 is 27.4. The highest BCUT2D eigenvalue weighted by atomic mass is 32.2. The van der Waals surface area contributed by atoms with Gasteiger partial charge >= 0.3 is 0 Å². The van der Waals surface area contributed by atoms with Crippen LogP contribution in [-0.2, 0) is 16.4 Å². The number of fused-ring (bicyclic) bond motifs is 1. The van der Waals surface area contributed by atoms with Crippen molar-refractivity contribution in [2.24, 2.45) is 10.7 Å². The maximum atomic E-state index is 12.8. The third kappa shape index (κ3) is 4.10. The second-order valence-corrected chi connectivity index (χ2v) is 8.64. The van der Waals surface area contributed by atoms with E-state index in [1.165, 1.54) is 0 Å². The van der Waals surface area contributed by atoms with Gasteiger partial charge in [-0.3, -0.25) is 0 Å². The molecule has 0 saturated heterocycles. The number of anilines is 1. The summed E-state index contributed by atoms with van der Waals surface area (Å²) in [7, 11) is -3.60. The first-order valence-corrected chi connectivity index (χ1v) is 10.8. The van der Waals surface area contributed by atoms with Crippen LogP contribution in [0.4, 0.5) is 5.69 Å². The molecule has 0 aliphatic carbocycles. The molecule has 0 aliphatic heterocycles. The van der Waals surface area contributed by atoms with Crippen LogP contribution in [0.25, 0.3) is 5.65 Å². The van der Waals surface area contributed by atoms with E-state index in [0.29, 0.717) is 12.2 Å². The van der Waals surface area contributed by atoms with E-state index in [2.05, 4.69) is 9.98 Å². The van der Waals surface area contributed by atoms with Crippen molar-refractivity contribution in [1.29, 1.82) is 5.26 Å². The maximum absolute atomic E-state index is 12.8. The summed E-state index contributed by atoms with van der Waals surface area (Å²) in [6.07, 6.45) is 7.04. The monoisotopic (exact) mass is 430 g/mol. The molecule has 0 spiro atoms. The van der Waals surface area contributed by atoms with Crippen LogP contribution in [0.2, 0.25) is 0 Å². The summed E-state index contributed by atoms with van der Waals surface area (Å²) in [5.41, 5.74) is 8.25. The van der Waals surface area contributed by atoms with Gasteiger partial charge in [0.15, 0.2) is 0 Å². The molecule has 0 saturated carbocycles.